The molecule has 0 spiro atoms. The lowest BCUT2D eigenvalue weighted by Gasteiger charge is -2.32. The van der Waals surface area contributed by atoms with Crippen molar-refractivity contribution in [2.24, 2.45) is 7.05 Å². The summed E-state index contributed by atoms with van der Waals surface area (Å²) in [7, 11) is 5.50. The number of aryl methyl sites for hydroxylation is 1. The average molecular weight is 666 g/mol. The number of hydrogen-bond acceptors (Lipinski definition) is 6. The Balaban J connectivity index is 1.42. The zero-order valence-electron chi connectivity index (χ0n) is 29.0. The number of anilines is 1. The van der Waals surface area contributed by atoms with E-state index in [1.54, 1.807) is 37.5 Å². The summed E-state index contributed by atoms with van der Waals surface area (Å²) in [6.45, 7) is 6.95. The van der Waals surface area contributed by atoms with Crippen LogP contribution in [0.4, 0.5) is 10.1 Å². The summed E-state index contributed by atoms with van der Waals surface area (Å²) in [6.07, 6.45) is 5.63. The Bertz CT molecular complexity index is 1980. The number of aliphatic hydroxyl groups excluding tert-OH is 1. The SMILES string of the molecule is CN(C)C/C=C/C(=O)NCc1cccc(Cc2nc(-c3cccc(N4CCc5cc(C(C)(C)C)cc(F)c5C4=O)c3CO)cn(C)c2=O)c1. The predicted molar refractivity (Wildman–Crippen MR) is 190 cm³/mol. The molecule has 5 rings (SSSR count). The van der Waals surface area contributed by atoms with E-state index in [1.807, 2.05) is 70.1 Å². The highest BCUT2D eigenvalue weighted by molar-refractivity contribution is 6.09. The third-order valence-corrected chi connectivity index (χ3v) is 8.69. The molecule has 0 aliphatic carbocycles. The lowest BCUT2D eigenvalue weighted by Crippen LogP contribution is -2.39. The van der Waals surface area contributed by atoms with Crippen LogP contribution >= 0.6 is 0 Å². The number of hydrogen-bond donors (Lipinski definition) is 2. The Morgan fingerprint density at radius 1 is 1.08 bits per heavy atom. The van der Waals surface area contributed by atoms with Gasteiger partial charge in [0.25, 0.3) is 11.5 Å². The Morgan fingerprint density at radius 2 is 1.82 bits per heavy atom. The monoisotopic (exact) mass is 665 g/mol. The molecule has 2 N–H and O–H groups in total. The molecule has 10 heteroatoms. The number of likely N-dealkylation sites (N-methyl/N-ethyl adjacent to an activating group) is 1. The first-order valence-corrected chi connectivity index (χ1v) is 16.4. The van der Waals surface area contributed by atoms with Crippen LogP contribution in [-0.2, 0) is 43.3 Å². The van der Waals surface area contributed by atoms with E-state index in [0.29, 0.717) is 59.8 Å². The van der Waals surface area contributed by atoms with Gasteiger partial charge in [0.2, 0.25) is 5.91 Å². The van der Waals surface area contributed by atoms with Gasteiger partial charge >= 0.3 is 0 Å². The molecule has 1 aliphatic rings. The van der Waals surface area contributed by atoms with Crippen molar-refractivity contribution in [1.29, 1.82) is 0 Å². The highest BCUT2D eigenvalue weighted by Gasteiger charge is 2.32. The molecule has 0 fully saturated rings. The van der Waals surface area contributed by atoms with Crippen LogP contribution in [0.3, 0.4) is 0 Å². The quantitative estimate of drug-likeness (QED) is 0.234. The number of nitrogens with one attached hydrogen (secondary N) is 1. The normalized spacial score (nSPS) is 13.3. The van der Waals surface area contributed by atoms with Crippen molar-refractivity contribution in [1.82, 2.24) is 19.8 Å². The van der Waals surface area contributed by atoms with E-state index in [9.17, 15) is 19.5 Å². The van der Waals surface area contributed by atoms with Crippen LogP contribution in [0.15, 0.2) is 77.7 Å². The maximum Gasteiger partial charge on any atom is 0.272 e. The molecule has 9 nitrogen and oxygen atoms in total. The number of aliphatic hydroxyl groups is 1. The Morgan fingerprint density at radius 3 is 2.53 bits per heavy atom. The first-order chi connectivity index (χ1) is 23.3. The fourth-order valence-corrected chi connectivity index (χ4v) is 6.04. The number of carbonyl (C=O) groups is 2. The van der Waals surface area contributed by atoms with Crippen molar-refractivity contribution in [3.05, 3.63) is 128 Å². The molecule has 1 aromatic heterocycles. The van der Waals surface area contributed by atoms with Gasteiger partial charge in [0.15, 0.2) is 0 Å². The molecule has 3 aromatic carbocycles. The molecule has 0 atom stereocenters. The van der Waals surface area contributed by atoms with Crippen LogP contribution in [0, 0.1) is 5.82 Å². The second-order valence-corrected chi connectivity index (χ2v) is 13.8. The standard InChI is InChI=1S/C39H44FN5O4/c1-39(2,3)28-20-27-15-17-45(38(49)36(27)31(40)21-28)34-13-8-12-29(30(34)24-46)33-23-44(6)37(48)32(42-33)19-25-10-7-11-26(18-25)22-41-35(47)14-9-16-43(4)5/h7-14,18,20-21,23,46H,15-17,19,22,24H2,1-6H3,(H,41,47)/b14-9+. The molecule has 0 saturated heterocycles. The lowest BCUT2D eigenvalue weighted by molar-refractivity contribution is -0.116. The number of rotatable bonds is 10. The number of amides is 2. The fourth-order valence-electron chi connectivity index (χ4n) is 6.04. The lowest BCUT2D eigenvalue weighted by atomic mass is 9.83. The highest BCUT2D eigenvalue weighted by atomic mass is 19.1. The van der Waals surface area contributed by atoms with Gasteiger partial charge in [-0.15, -0.1) is 0 Å². The number of aromatic nitrogens is 2. The van der Waals surface area contributed by atoms with Crippen molar-refractivity contribution in [2.45, 2.75) is 52.2 Å². The minimum atomic E-state index is -0.550. The molecule has 0 radical (unpaired) electrons. The van der Waals surface area contributed by atoms with E-state index < -0.39 is 18.3 Å². The molecule has 0 bridgehead atoms. The van der Waals surface area contributed by atoms with E-state index in [2.05, 4.69) is 5.32 Å². The Kier molecular flexibility index (Phi) is 10.6. The second-order valence-electron chi connectivity index (χ2n) is 13.8. The van der Waals surface area contributed by atoms with Gasteiger partial charge in [0.05, 0.1) is 23.6 Å². The molecule has 49 heavy (non-hydrogen) atoms. The van der Waals surface area contributed by atoms with Gasteiger partial charge in [0.1, 0.15) is 11.5 Å². The first-order valence-electron chi connectivity index (χ1n) is 16.4. The van der Waals surface area contributed by atoms with E-state index in [4.69, 9.17) is 4.98 Å². The minimum absolute atomic E-state index is 0.0543. The maximum absolute atomic E-state index is 15.4. The van der Waals surface area contributed by atoms with Crippen LogP contribution in [0.5, 0.6) is 0 Å². The zero-order valence-corrected chi connectivity index (χ0v) is 29.0. The van der Waals surface area contributed by atoms with Gasteiger partial charge < -0.3 is 24.8 Å². The summed E-state index contributed by atoms with van der Waals surface area (Å²) < 4.78 is 16.9. The van der Waals surface area contributed by atoms with Crippen molar-refractivity contribution in [3.8, 4) is 11.3 Å². The van der Waals surface area contributed by atoms with Crippen molar-refractivity contribution in [3.63, 3.8) is 0 Å². The van der Waals surface area contributed by atoms with Gasteiger partial charge in [-0.3, -0.25) is 14.4 Å². The molecule has 2 amide bonds. The molecule has 256 valence electrons. The first kappa shape index (κ1) is 35.4. The Hall–Kier alpha value is -4.93. The highest BCUT2D eigenvalue weighted by Crippen LogP contribution is 2.35. The smallest absolute Gasteiger partial charge is 0.272 e. The molecule has 2 heterocycles. The van der Waals surface area contributed by atoms with Gasteiger partial charge in [0, 0.05) is 56.5 Å². The zero-order chi connectivity index (χ0) is 35.5. The van der Waals surface area contributed by atoms with Crippen LogP contribution in [0.1, 0.15) is 64.6 Å². The van der Waals surface area contributed by atoms with Gasteiger partial charge in [-0.2, -0.15) is 0 Å². The minimum Gasteiger partial charge on any atom is -0.392 e. The summed E-state index contributed by atoms with van der Waals surface area (Å²) in [5.41, 5.74) is 5.04. The largest absolute Gasteiger partial charge is 0.392 e. The molecule has 1 aliphatic heterocycles. The summed E-state index contributed by atoms with van der Waals surface area (Å²) >= 11 is 0. The number of benzene rings is 3. The summed E-state index contributed by atoms with van der Waals surface area (Å²) in [5.74, 6) is -1.19. The van der Waals surface area contributed by atoms with Crippen LogP contribution in [0.25, 0.3) is 11.3 Å². The summed E-state index contributed by atoms with van der Waals surface area (Å²) in [4.78, 5) is 47.5. The van der Waals surface area contributed by atoms with E-state index >= 15 is 4.39 Å². The molecule has 0 unspecified atom stereocenters. The van der Waals surface area contributed by atoms with Gasteiger partial charge in [-0.25, -0.2) is 9.37 Å². The molecule has 4 aromatic rings. The van der Waals surface area contributed by atoms with Crippen LogP contribution < -0.4 is 15.8 Å². The fraction of sp³-hybridized carbons (Fsp3) is 0.333. The van der Waals surface area contributed by atoms with Gasteiger partial charge in [-0.05, 0) is 60.3 Å². The maximum atomic E-state index is 15.4. The molecular formula is C39H44FN5O4. The van der Waals surface area contributed by atoms with Crippen molar-refractivity contribution < 1.29 is 19.1 Å². The third-order valence-electron chi connectivity index (χ3n) is 8.69. The number of fused-ring (bicyclic) bond motifs is 1. The van der Waals surface area contributed by atoms with E-state index in [1.165, 1.54) is 21.6 Å². The number of carbonyl (C=O) groups excluding carboxylic acids is 2. The number of nitrogens with zero attached hydrogens (tertiary/aromatic N) is 4. The molecule has 0 saturated carbocycles. The second kappa shape index (κ2) is 14.7. The Labute approximate surface area is 286 Å². The average Bonchev–Trinajstić information content (AvgIpc) is 3.05. The van der Waals surface area contributed by atoms with E-state index in [-0.39, 0.29) is 28.9 Å². The topological polar surface area (TPSA) is 108 Å². The third kappa shape index (κ3) is 8.04. The summed E-state index contributed by atoms with van der Waals surface area (Å²) in [6, 6.07) is 16.3. The van der Waals surface area contributed by atoms with Crippen molar-refractivity contribution >= 4 is 17.5 Å². The van der Waals surface area contributed by atoms with Gasteiger partial charge in [-0.1, -0.05) is 69.3 Å². The summed E-state index contributed by atoms with van der Waals surface area (Å²) in [5, 5.41) is 13.5. The van der Waals surface area contributed by atoms with Crippen LogP contribution in [-0.4, -0.2) is 58.6 Å². The van der Waals surface area contributed by atoms with Crippen LogP contribution in [0.2, 0.25) is 0 Å². The number of halogens is 1. The molecular weight excluding hydrogens is 621 g/mol. The van der Waals surface area contributed by atoms with E-state index in [0.717, 1.165) is 16.7 Å². The predicted octanol–water partition coefficient (Wildman–Crippen LogP) is 4.90. The van der Waals surface area contributed by atoms with Crippen molar-refractivity contribution in [2.75, 3.05) is 32.1 Å².